The summed E-state index contributed by atoms with van der Waals surface area (Å²) in [5, 5.41) is 5.57. The third-order valence-electron chi connectivity index (χ3n) is 3.53. The Labute approximate surface area is 149 Å². The zero-order valence-electron chi connectivity index (χ0n) is 13.6. The third kappa shape index (κ3) is 4.42. The number of carbonyl (C=O) groups excluding carboxylic acids is 1. The predicted molar refractivity (Wildman–Crippen MR) is 95.9 cm³/mol. The van der Waals surface area contributed by atoms with Crippen molar-refractivity contribution >= 4 is 17.2 Å². The average Bonchev–Trinajstić information content (AvgIpc) is 3.11. The van der Waals surface area contributed by atoms with Gasteiger partial charge in [-0.25, -0.2) is 9.37 Å². The van der Waals surface area contributed by atoms with E-state index >= 15 is 0 Å². The van der Waals surface area contributed by atoms with E-state index < -0.39 is 11.9 Å². The molecule has 0 bridgehead atoms. The smallest absolute Gasteiger partial charge is 0.261 e. The van der Waals surface area contributed by atoms with Crippen LogP contribution in [0.3, 0.4) is 0 Å². The first kappa shape index (κ1) is 17.1. The molecule has 0 unspecified atom stereocenters. The Bertz CT molecular complexity index is 851. The van der Waals surface area contributed by atoms with Crippen molar-refractivity contribution in [1.82, 2.24) is 10.3 Å². The van der Waals surface area contributed by atoms with Gasteiger partial charge >= 0.3 is 0 Å². The molecule has 0 fully saturated rings. The number of rotatable bonds is 6. The molecule has 1 amide bonds. The lowest BCUT2D eigenvalue weighted by molar-refractivity contribution is -0.127. The number of aromatic nitrogens is 1. The maximum absolute atomic E-state index is 13.6. The van der Waals surface area contributed by atoms with E-state index in [2.05, 4.69) is 10.3 Å². The molecular weight excluding hydrogens is 339 g/mol. The van der Waals surface area contributed by atoms with Gasteiger partial charge in [0.1, 0.15) is 5.01 Å². The first-order valence-electron chi connectivity index (χ1n) is 7.82. The monoisotopic (exact) mass is 356 g/mol. The fourth-order valence-corrected chi connectivity index (χ4v) is 3.03. The van der Waals surface area contributed by atoms with Gasteiger partial charge in [0.15, 0.2) is 17.7 Å². The van der Waals surface area contributed by atoms with Crippen LogP contribution in [0.25, 0.3) is 10.6 Å². The van der Waals surface area contributed by atoms with Gasteiger partial charge in [0.05, 0.1) is 12.2 Å². The molecule has 1 N–H and O–H groups in total. The maximum Gasteiger partial charge on any atom is 0.261 e. The summed E-state index contributed by atoms with van der Waals surface area (Å²) in [6.45, 7) is 1.88. The molecule has 1 atom stereocenters. The number of nitrogens with one attached hydrogen (secondary N) is 1. The SMILES string of the molecule is C[C@@H](Oc1ccccc1F)C(=O)NCc1csc(-c2ccccc2)n1. The number of nitrogens with zero attached hydrogens (tertiary/aromatic N) is 1. The highest BCUT2D eigenvalue weighted by molar-refractivity contribution is 7.13. The molecular formula is C19H17FN2O2S. The van der Waals surface area contributed by atoms with Gasteiger partial charge in [0.25, 0.3) is 5.91 Å². The van der Waals surface area contributed by atoms with Gasteiger partial charge in [-0.2, -0.15) is 0 Å². The van der Waals surface area contributed by atoms with Gasteiger partial charge in [-0.1, -0.05) is 42.5 Å². The van der Waals surface area contributed by atoms with Crippen molar-refractivity contribution in [3.63, 3.8) is 0 Å². The zero-order chi connectivity index (χ0) is 17.6. The largest absolute Gasteiger partial charge is 0.478 e. The number of thiazole rings is 1. The van der Waals surface area contributed by atoms with Crippen molar-refractivity contribution < 1.29 is 13.9 Å². The highest BCUT2D eigenvalue weighted by atomic mass is 32.1. The van der Waals surface area contributed by atoms with E-state index in [9.17, 15) is 9.18 Å². The number of ether oxygens (including phenoxy) is 1. The van der Waals surface area contributed by atoms with E-state index in [-0.39, 0.29) is 11.7 Å². The van der Waals surface area contributed by atoms with Gasteiger partial charge in [-0.3, -0.25) is 4.79 Å². The van der Waals surface area contributed by atoms with Crippen LogP contribution in [0, 0.1) is 5.82 Å². The second kappa shape index (κ2) is 7.90. The van der Waals surface area contributed by atoms with Crippen LogP contribution in [0.2, 0.25) is 0 Å². The molecule has 25 heavy (non-hydrogen) atoms. The summed E-state index contributed by atoms with van der Waals surface area (Å²) >= 11 is 1.52. The van der Waals surface area contributed by atoms with Crippen molar-refractivity contribution in [2.45, 2.75) is 19.6 Å². The molecule has 1 heterocycles. The number of halogens is 1. The molecule has 1 aromatic heterocycles. The summed E-state index contributed by atoms with van der Waals surface area (Å²) < 4.78 is 18.9. The molecule has 0 saturated carbocycles. The molecule has 0 spiro atoms. The predicted octanol–water partition coefficient (Wildman–Crippen LogP) is 4.03. The first-order chi connectivity index (χ1) is 12.1. The van der Waals surface area contributed by atoms with Gasteiger partial charge in [-0.05, 0) is 19.1 Å². The van der Waals surface area contributed by atoms with Crippen LogP contribution >= 0.6 is 11.3 Å². The Balaban J connectivity index is 1.55. The number of carbonyl (C=O) groups is 1. The van der Waals surface area contributed by atoms with Crippen LogP contribution in [0.5, 0.6) is 5.75 Å². The minimum atomic E-state index is -0.802. The summed E-state index contributed by atoms with van der Waals surface area (Å²) in [4.78, 5) is 16.6. The van der Waals surface area contributed by atoms with E-state index in [4.69, 9.17) is 4.74 Å². The van der Waals surface area contributed by atoms with Crippen LogP contribution in [0.1, 0.15) is 12.6 Å². The summed E-state index contributed by atoms with van der Waals surface area (Å²) in [5.41, 5.74) is 1.82. The molecule has 6 heteroatoms. The standard InChI is InChI=1S/C19H17FN2O2S/c1-13(24-17-10-6-5-9-16(17)20)18(23)21-11-15-12-25-19(22-15)14-7-3-2-4-8-14/h2-10,12-13H,11H2,1H3,(H,21,23)/t13-/m1/s1. The normalized spacial score (nSPS) is 11.8. The van der Waals surface area contributed by atoms with Gasteiger partial charge < -0.3 is 10.1 Å². The highest BCUT2D eigenvalue weighted by Crippen LogP contribution is 2.23. The van der Waals surface area contributed by atoms with Crippen molar-refractivity contribution in [2.75, 3.05) is 0 Å². The number of hydrogen-bond acceptors (Lipinski definition) is 4. The van der Waals surface area contributed by atoms with Crippen molar-refractivity contribution in [2.24, 2.45) is 0 Å². The minimum Gasteiger partial charge on any atom is -0.478 e. The lowest BCUT2D eigenvalue weighted by Gasteiger charge is -2.14. The molecule has 0 aliphatic carbocycles. The van der Waals surface area contributed by atoms with Crippen molar-refractivity contribution in [1.29, 1.82) is 0 Å². The second-order valence-electron chi connectivity index (χ2n) is 5.42. The van der Waals surface area contributed by atoms with Crippen LogP contribution in [0.4, 0.5) is 4.39 Å². The number of amides is 1. The Kier molecular flexibility index (Phi) is 5.40. The molecule has 0 aliphatic rings. The molecule has 4 nitrogen and oxygen atoms in total. The van der Waals surface area contributed by atoms with Crippen LogP contribution in [-0.2, 0) is 11.3 Å². The van der Waals surface area contributed by atoms with Crippen LogP contribution in [0.15, 0.2) is 60.0 Å². The third-order valence-corrected chi connectivity index (χ3v) is 4.47. The van der Waals surface area contributed by atoms with E-state index in [0.717, 1.165) is 16.3 Å². The lowest BCUT2D eigenvalue weighted by atomic mass is 10.2. The fourth-order valence-electron chi connectivity index (χ4n) is 2.21. The van der Waals surface area contributed by atoms with Gasteiger partial charge in [0, 0.05) is 10.9 Å². The molecule has 3 aromatic rings. The van der Waals surface area contributed by atoms with E-state index in [1.54, 1.807) is 19.1 Å². The van der Waals surface area contributed by atoms with Gasteiger partial charge in [0.2, 0.25) is 0 Å². The molecule has 2 aromatic carbocycles. The summed E-state index contributed by atoms with van der Waals surface area (Å²) in [6, 6.07) is 15.9. The summed E-state index contributed by atoms with van der Waals surface area (Å²) in [5.74, 6) is -0.753. The Hall–Kier alpha value is -2.73. The fraction of sp³-hybridized carbons (Fsp3) is 0.158. The molecule has 3 rings (SSSR count). The number of benzene rings is 2. The zero-order valence-corrected chi connectivity index (χ0v) is 14.4. The van der Waals surface area contributed by atoms with E-state index in [1.807, 2.05) is 35.7 Å². The second-order valence-corrected chi connectivity index (χ2v) is 6.28. The molecule has 0 aliphatic heterocycles. The van der Waals surface area contributed by atoms with Crippen molar-refractivity contribution in [3.8, 4) is 16.3 Å². The molecule has 128 valence electrons. The van der Waals surface area contributed by atoms with Crippen molar-refractivity contribution in [3.05, 3.63) is 71.5 Å². The molecule has 0 radical (unpaired) electrons. The highest BCUT2D eigenvalue weighted by Gasteiger charge is 2.16. The number of para-hydroxylation sites is 1. The Morgan fingerprint density at radius 2 is 1.92 bits per heavy atom. The quantitative estimate of drug-likeness (QED) is 0.725. The minimum absolute atomic E-state index is 0.0603. The number of hydrogen-bond donors (Lipinski definition) is 1. The average molecular weight is 356 g/mol. The van der Waals surface area contributed by atoms with E-state index in [1.165, 1.54) is 23.5 Å². The van der Waals surface area contributed by atoms with Crippen LogP contribution in [-0.4, -0.2) is 17.0 Å². The first-order valence-corrected chi connectivity index (χ1v) is 8.70. The molecule has 0 saturated heterocycles. The Morgan fingerprint density at radius 1 is 1.20 bits per heavy atom. The van der Waals surface area contributed by atoms with Gasteiger partial charge in [-0.15, -0.1) is 11.3 Å². The Morgan fingerprint density at radius 3 is 2.68 bits per heavy atom. The van der Waals surface area contributed by atoms with E-state index in [0.29, 0.717) is 6.54 Å². The summed E-state index contributed by atoms with van der Waals surface area (Å²) in [7, 11) is 0. The summed E-state index contributed by atoms with van der Waals surface area (Å²) in [6.07, 6.45) is -0.802. The topological polar surface area (TPSA) is 51.2 Å². The van der Waals surface area contributed by atoms with Crippen LogP contribution < -0.4 is 10.1 Å². The lowest BCUT2D eigenvalue weighted by Crippen LogP contribution is -2.36. The maximum atomic E-state index is 13.6.